The third kappa shape index (κ3) is 4.60. The SMILES string of the molecule is COCC1(C(=O)NCCOc2ccc(Cl)cc2)CCNCC1. The van der Waals surface area contributed by atoms with Crippen LogP contribution in [0.2, 0.25) is 5.02 Å². The zero-order valence-electron chi connectivity index (χ0n) is 12.9. The highest BCUT2D eigenvalue weighted by atomic mass is 35.5. The van der Waals surface area contributed by atoms with Crippen LogP contribution in [0, 0.1) is 5.41 Å². The summed E-state index contributed by atoms with van der Waals surface area (Å²) in [5.74, 6) is 0.794. The van der Waals surface area contributed by atoms with Crippen LogP contribution in [0.25, 0.3) is 0 Å². The highest BCUT2D eigenvalue weighted by molar-refractivity contribution is 6.30. The molecule has 6 heteroatoms. The van der Waals surface area contributed by atoms with Gasteiger partial charge in [-0.25, -0.2) is 0 Å². The van der Waals surface area contributed by atoms with Crippen LogP contribution in [0.4, 0.5) is 0 Å². The maximum Gasteiger partial charge on any atom is 0.228 e. The van der Waals surface area contributed by atoms with E-state index in [9.17, 15) is 4.79 Å². The first-order valence-corrected chi connectivity index (χ1v) is 7.90. The van der Waals surface area contributed by atoms with Gasteiger partial charge in [0.2, 0.25) is 5.91 Å². The molecule has 1 aliphatic heterocycles. The molecule has 0 atom stereocenters. The fraction of sp³-hybridized carbons (Fsp3) is 0.562. The summed E-state index contributed by atoms with van der Waals surface area (Å²) in [5.41, 5.74) is -0.416. The number of methoxy groups -OCH3 is 1. The van der Waals surface area contributed by atoms with Gasteiger partial charge in [-0.05, 0) is 50.2 Å². The molecule has 5 nitrogen and oxygen atoms in total. The molecule has 22 heavy (non-hydrogen) atoms. The first kappa shape index (κ1) is 17.1. The predicted molar refractivity (Wildman–Crippen MR) is 86.4 cm³/mol. The summed E-state index contributed by atoms with van der Waals surface area (Å²) in [7, 11) is 1.64. The van der Waals surface area contributed by atoms with Crippen LogP contribution < -0.4 is 15.4 Å². The van der Waals surface area contributed by atoms with Gasteiger partial charge in [-0.3, -0.25) is 4.79 Å². The van der Waals surface area contributed by atoms with Gasteiger partial charge >= 0.3 is 0 Å². The van der Waals surface area contributed by atoms with E-state index < -0.39 is 5.41 Å². The van der Waals surface area contributed by atoms with Crippen molar-refractivity contribution < 1.29 is 14.3 Å². The Hall–Kier alpha value is -1.30. The van der Waals surface area contributed by atoms with Gasteiger partial charge in [-0.15, -0.1) is 0 Å². The van der Waals surface area contributed by atoms with E-state index in [-0.39, 0.29) is 5.91 Å². The molecule has 0 radical (unpaired) electrons. The van der Waals surface area contributed by atoms with Gasteiger partial charge < -0.3 is 20.1 Å². The number of halogens is 1. The summed E-state index contributed by atoms with van der Waals surface area (Å²) < 4.78 is 10.8. The molecule has 1 heterocycles. The van der Waals surface area contributed by atoms with Gasteiger partial charge in [0.1, 0.15) is 12.4 Å². The maximum absolute atomic E-state index is 12.5. The summed E-state index contributed by atoms with van der Waals surface area (Å²) >= 11 is 5.82. The molecule has 2 rings (SSSR count). The van der Waals surface area contributed by atoms with Crippen LogP contribution in [0.5, 0.6) is 5.75 Å². The summed E-state index contributed by atoms with van der Waals surface area (Å²) in [6, 6.07) is 7.17. The lowest BCUT2D eigenvalue weighted by Crippen LogP contribution is -2.50. The Labute approximate surface area is 136 Å². The summed E-state index contributed by atoms with van der Waals surface area (Å²) in [6.45, 7) is 3.05. The molecular weight excluding hydrogens is 304 g/mol. The monoisotopic (exact) mass is 326 g/mol. The zero-order chi connectivity index (χ0) is 15.8. The van der Waals surface area contributed by atoms with E-state index >= 15 is 0 Å². The third-order valence-electron chi connectivity index (χ3n) is 3.93. The Balaban J connectivity index is 1.77. The molecule has 2 N–H and O–H groups in total. The van der Waals surface area contributed by atoms with E-state index in [1.165, 1.54) is 0 Å². The Morgan fingerprint density at radius 3 is 2.64 bits per heavy atom. The molecular formula is C16H23ClN2O3. The highest BCUT2D eigenvalue weighted by Crippen LogP contribution is 2.29. The quantitative estimate of drug-likeness (QED) is 0.751. The van der Waals surface area contributed by atoms with Crippen molar-refractivity contribution in [2.75, 3.05) is 40.0 Å². The predicted octanol–water partition coefficient (Wildman–Crippen LogP) is 1.85. The van der Waals surface area contributed by atoms with Crippen molar-refractivity contribution in [3.05, 3.63) is 29.3 Å². The normalized spacial score (nSPS) is 17.0. The second-order valence-corrected chi connectivity index (χ2v) is 5.96. The van der Waals surface area contributed by atoms with Crippen LogP contribution in [-0.2, 0) is 9.53 Å². The van der Waals surface area contributed by atoms with E-state index in [2.05, 4.69) is 10.6 Å². The number of rotatable bonds is 7. The first-order valence-electron chi connectivity index (χ1n) is 7.53. The molecule has 1 saturated heterocycles. The second kappa shape index (κ2) is 8.36. The Bertz CT molecular complexity index is 467. The number of ether oxygens (including phenoxy) is 2. The van der Waals surface area contributed by atoms with Crippen molar-refractivity contribution in [1.82, 2.24) is 10.6 Å². The van der Waals surface area contributed by atoms with Gasteiger partial charge in [0.15, 0.2) is 0 Å². The van der Waals surface area contributed by atoms with E-state index in [0.717, 1.165) is 31.7 Å². The topological polar surface area (TPSA) is 59.6 Å². The summed E-state index contributed by atoms with van der Waals surface area (Å²) in [4.78, 5) is 12.5. The van der Waals surface area contributed by atoms with Crippen molar-refractivity contribution in [1.29, 1.82) is 0 Å². The fourth-order valence-corrected chi connectivity index (χ4v) is 2.80. The van der Waals surface area contributed by atoms with Gasteiger partial charge in [0, 0.05) is 12.1 Å². The zero-order valence-corrected chi connectivity index (χ0v) is 13.6. The number of nitrogens with one attached hydrogen (secondary N) is 2. The molecule has 1 aliphatic rings. The number of benzene rings is 1. The molecule has 0 aliphatic carbocycles. The lowest BCUT2D eigenvalue weighted by atomic mass is 9.78. The van der Waals surface area contributed by atoms with Crippen molar-refractivity contribution in [2.24, 2.45) is 5.41 Å². The van der Waals surface area contributed by atoms with Crippen LogP contribution in [0.1, 0.15) is 12.8 Å². The number of hydrogen-bond donors (Lipinski definition) is 2. The molecule has 1 aromatic rings. The summed E-state index contributed by atoms with van der Waals surface area (Å²) in [5, 5.41) is 6.91. The maximum atomic E-state index is 12.5. The lowest BCUT2D eigenvalue weighted by molar-refractivity contribution is -0.136. The van der Waals surface area contributed by atoms with Crippen LogP contribution in [-0.4, -0.2) is 45.9 Å². The highest BCUT2D eigenvalue weighted by Gasteiger charge is 2.39. The standard InChI is InChI=1S/C16H23ClN2O3/c1-21-12-16(6-8-18-9-7-16)15(20)19-10-11-22-14-4-2-13(17)3-5-14/h2-5,18H,6-12H2,1H3,(H,19,20). The lowest BCUT2D eigenvalue weighted by Gasteiger charge is -2.35. The molecule has 0 saturated carbocycles. The molecule has 1 aromatic carbocycles. The minimum Gasteiger partial charge on any atom is -0.492 e. The molecule has 0 aromatic heterocycles. The van der Waals surface area contributed by atoms with Crippen LogP contribution in [0.3, 0.4) is 0 Å². The van der Waals surface area contributed by atoms with E-state index in [4.69, 9.17) is 21.1 Å². The van der Waals surface area contributed by atoms with Crippen molar-refractivity contribution in [3.63, 3.8) is 0 Å². The minimum atomic E-state index is -0.416. The molecule has 1 amide bonds. The van der Waals surface area contributed by atoms with E-state index in [1.807, 2.05) is 12.1 Å². The minimum absolute atomic E-state index is 0.0514. The van der Waals surface area contributed by atoms with Gasteiger partial charge in [0.05, 0.1) is 18.6 Å². The van der Waals surface area contributed by atoms with Gasteiger partial charge in [-0.2, -0.15) is 0 Å². The van der Waals surface area contributed by atoms with Crippen LogP contribution >= 0.6 is 11.6 Å². The van der Waals surface area contributed by atoms with Crippen molar-refractivity contribution in [2.45, 2.75) is 12.8 Å². The van der Waals surface area contributed by atoms with Gasteiger partial charge in [-0.1, -0.05) is 11.6 Å². The molecule has 122 valence electrons. The number of amides is 1. The smallest absolute Gasteiger partial charge is 0.228 e. The Morgan fingerprint density at radius 2 is 2.00 bits per heavy atom. The van der Waals surface area contributed by atoms with E-state index in [1.54, 1.807) is 19.2 Å². The molecule has 0 unspecified atom stereocenters. The average Bonchev–Trinajstić information content (AvgIpc) is 2.54. The average molecular weight is 327 g/mol. The first-order chi connectivity index (χ1) is 10.7. The number of carbonyl (C=O) groups excluding carboxylic acids is 1. The second-order valence-electron chi connectivity index (χ2n) is 5.52. The van der Waals surface area contributed by atoms with Crippen LogP contribution in [0.15, 0.2) is 24.3 Å². The third-order valence-corrected chi connectivity index (χ3v) is 4.18. The fourth-order valence-electron chi connectivity index (χ4n) is 2.67. The Kier molecular flexibility index (Phi) is 6.49. The molecule has 0 spiro atoms. The molecule has 0 bridgehead atoms. The summed E-state index contributed by atoms with van der Waals surface area (Å²) in [6.07, 6.45) is 1.59. The largest absolute Gasteiger partial charge is 0.492 e. The number of hydrogen-bond acceptors (Lipinski definition) is 4. The van der Waals surface area contributed by atoms with E-state index in [0.29, 0.717) is 24.8 Å². The van der Waals surface area contributed by atoms with Crippen molar-refractivity contribution >= 4 is 17.5 Å². The van der Waals surface area contributed by atoms with Gasteiger partial charge in [0.25, 0.3) is 0 Å². The number of carbonyl (C=O) groups is 1. The Morgan fingerprint density at radius 1 is 1.32 bits per heavy atom. The molecule has 1 fully saturated rings. The van der Waals surface area contributed by atoms with Crippen molar-refractivity contribution in [3.8, 4) is 5.75 Å². The number of piperidine rings is 1.